The Morgan fingerprint density at radius 2 is 1.89 bits per heavy atom. The molecule has 8 heteroatoms. The van der Waals surface area contributed by atoms with E-state index in [1.807, 2.05) is 65.5 Å². The molecule has 4 aromatic rings. The maximum absolute atomic E-state index is 12.6. The molecule has 0 saturated carbocycles. The molecule has 3 aromatic heterocycles. The molecule has 1 amide bonds. The highest BCUT2D eigenvalue weighted by atomic mass is 16.1. The van der Waals surface area contributed by atoms with Gasteiger partial charge in [0, 0.05) is 42.8 Å². The lowest BCUT2D eigenvalue weighted by molar-refractivity contribution is 0.0940. The first-order valence-electron chi connectivity index (χ1n) is 9.22. The molecular weight excluding hydrogens is 354 g/mol. The van der Waals surface area contributed by atoms with Crippen molar-refractivity contribution in [3.63, 3.8) is 0 Å². The van der Waals surface area contributed by atoms with Gasteiger partial charge in [-0.1, -0.05) is 0 Å². The van der Waals surface area contributed by atoms with Crippen molar-refractivity contribution in [2.45, 2.75) is 12.5 Å². The summed E-state index contributed by atoms with van der Waals surface area (Å²) in [6.45, 7) is 1.58. The summed E-state index contributed by atoms with van der Waals surface area (Å²) >= 11 is 0. The van der Waals surface area contributed by atoms with Crippen LogP contribution < -0.4 is 10.2 Å². The quantitative estimate of drug-likeness (QED) is 0.591. The van der Waals surface area contributed by atoms with Crippen LogP contribution in [0.2, 0.25) is 0 Å². The molecule has 1 aliphatic rings. The third-order valence-electron chi connectivity index (χ3n) is 5.03. The number of hydrogen-bond donors (Lipinski definition) is 1. The first-order chi connectivity index (χ1) is 13.8. The number of fused-ring (bicyclic) bond motifs is 1. The minimum Gasteiger partial charge on any atom is -0.353 e. The van der Waals surface area contributed by atoms with Crippen LogP contribution in [0.1, 0.15) is 16.8 Å². The maximum Gasteiger partial charge on any atom is 0.251 e. The number of nitrogens with one attached hydrogen (secondary N) is 1. The van der Waals surface area contributed by atoms with Gasteiger partial charge >= 0.3 is 0 Å². The zero-order valence-electron chi connectivity index (χ0n) is 15.1. The number of benzene rings is 1. The monoisotopic (exact) mass is 373 g/mol. The maximum atomic E-state index is 12.6. The molecule has 1 N–H and O–H groups in total. The molecular formula is C20H19N7O. The van der Waals surface area contributed by atoms with Crippen LogP contribution in [0.15, 0.2) is 67.3 Å². The second-order valence-electron chi connectivity index (χ2n) is 6.87. The summed E-state index contributed by atoms with van der Waals surface area (Å²) in [6.07, 6.45) is 6.43. The van der Waals surface area contributed by atoms with Crippen LogP contribution in [0.3, 0.4) is 0 Å². The third kappa shape index (κ3) is 3.09. The molecule has 4 heterocycles. The molecule has 1 unspecified atom stereocenters. The smallest absolute Gasteiger partial charge is 0.251 e. The van der Waals surface area contributed by atoms with Gasteiger partial charge in [0.2, 0.25) is 0 Å². The zero-order valence-corrected chi connectivity index (χ0v) is 15.1. The summed E-state index contributed by atoms with van der Waals surface area (Å²) < 4.78 is 3.67. The molecule has 1 saturated heterocycles. The Labute approximate surface area is 161 Å². The van der Waals surface area contributed by atoms with E-state index in [2.05, 4.69) is 25.5 Å². The number of hydrogen-bond acceptors (Lipinski definition) is 5. The Hall–Kier alpha value is -3.68. The zero-order chi connectivity index (χ0) is 18.9. The van der Waals surface area contributed by atoms with E-state index in [0.29, 0.717) is 5.56 Å². The van der Waals surface area contributed by atoms with Gasteiger partial charge in [0.05, 0.1) is 0 Å². The van der Waals surface area contributed by atoms with Crippen LogP contribution in [0, 0.1) is 0 Å². The van der Waals surface area contributed by atoms with E-state index in [0.717, 1.165) is 36.7 Å². The molecule has 0 radical (unpaired) electrons. The number of rotatable bonds is 4. The molecule has 0 spiro atoms. The summed E-state index contributed by atoms with van der Waals surface area (Å²) in [7, 11) is 0. The minimum absolute atomic E-state index is 0.0480. The Balaban J connectivity index is 1.23. The van der Waals surface area contributed by atoms with Gasteiger partial charge in [0.25, 0.3) is 5.91 Å². The van der Waals surface area contributed by atoms with E-state index in [-0.39, 0.29) is 11.9 Å². The van der Waals surface area contributed by atoms with Gasteiger partial charge in [0.1, 0.15) is 12.1 Å². The molecule has 28 heavy (non-hydrogen) atoms. The van der Waals surface area contributed by atoms with Crippen molar-refractivity contribution < 1.29 is 4.79 Å². The van der Waals surface area contributed by atoms with Gasteiger partial charge in [-0.2, -0.15) is 4.52 Å². The second-order valence-corrected chi connectivity index (χ2v) is 6.87. The lowest BCUT2D eigenvalue weighted by atomic mass is 10.1. The molecule has 1 aromatic carbocycles. The first kappa shape index (κ1) is 16.5. The van der Waals surface area contributed by atoms with Gasteiger partial charge in [0.15, 0.2) is 5.65 Å². The first-order valence-corrected chi connectivity index (χ1v) is 9.22. The van der Waals surface area contributed by atoms with E-state index < -0.39 is 0 Å². The van der Waals surface area contributed by atoms with Crippen molar-refractivity contribution in [2.75, 3.05) is 18.0 Å². The van der Waals surface area contributed by atoms with Crippen molar-refractivity contribution >= 4 is 17.4 Å². The number of amides is 1. The predicted molar refractivity (Wildman–Crippen MR) is 105 cm³/mol. The van der Waals surface area contributed by atoms with E-state index in [9.17, 15) is 4.79 Å². The van der Waals surface area contributed by atoms with Crippen LogP contribution in [-0.2, 0) is 0 Å². The highest BCUT2D eigenvalue weighted by Gasteiger charge is 2.25. The molecule has 1 fully saturated rings. The Kier molecular flexibility index (Phi) is 4.01. The van der Waals surface area contributed by atoms with Crippen LogP contribution in [0.25, 0.3) is 11.3 Å². The van der Waals surface area contributed by atoms with Gasteiger partial charge < -0.3 is 14.8 Å². The molecule has 140 valence electrons. The van der Waals surface area contributed by atoms with Crippen molar-refractivity contribution in [1.29, 1.82) is 0 Å². The van der Waals surface area contributed by atoms with Gasteiger partial charge in [-0.05, 0) is 55.0 Å². The normalized spacial score (nSPS) is 16.6. The molecule has 0 bridgehead atoms. The molecule has 1 atom stereocenters. The van der Waals surface area contributed by atoms with Crippen molar-refractivity contribution in [3.05, 3.63) is 72.8 Å². The minimum atomic E-state index is -0.0480. The van der Waals surface area contributed by atoms with Gasteiger partial charge in [-0.25, -0.2) is 0 Å². The Morgan fingerprint density at radius 3 is 2.71 bits per heavy atom. The Morgan fingerprint density at radius 1 is 1.07 bits per heavy atom. The number of nitrogens with zero attached hydrogens (tertiary/aromatic N) is 6. The van der Waals surface area contributed by atoms with Crippen molar-refractivity contribution in [1.82, 2.24) is 29.7 Å². The van der Waals surface area contributed by atoms with Crippen LogP contribution in [-0.4, -0.2) is 49.4 Å². The van der Waals surface area contributed by atoms with Gasteiger partial charge in [-0.15, -0.1) is 15.3 Å². The SMILES string of the molecule is O=C(NC1CCN(c2ccc3nncn3n2)C1)c1ccc(-n2cccc2)cc1. The summed E-state index contributed by atoms with van der Waals surface area (Å²) in [5.41, 5.74) is 2.42. The van der Waals surface area contributed by atoms with Gasteiger partial charge in [-0.3, -0.25) is 4.79 Å². The van der Waals surface area contributed by atoms with E-state index in [4.69, 9.17) is 0 Å². The summed E-state index contributed by atoms with van der Waals surface area (Å²) in [6, 6.07) is 15.5. The summed E-state index contributed by atoms with van der Waals surface area (Å²) in [4.78, 5) is 14.8. The largest absolute Gasteiger partial charge is 0.353 e. The highest BCUT2D eigenvalue weighted by molar-refractivity contribution is 5.94. The number of anilines is 1. The van der Waals surface area contributed by atoms with E-state index >= 15 is 0 Å². The second kappa shape index (κ2) is 6.80. The fourth-order valence-electron chi connectivity index (χ4n) is 3.53. The lowest BCUT2D eigenvalue weighted by Gasteiger charge is -2.18. The number of aromatic nitrogens is 5. The summed E-state index contributed by atoms with van der Waals surface area (Å²) in [5, 5.41) is 15.5. The Bertz CT molecular complexity index is 1100. The number of carbonyl (C=O) groups excluding carboxylic acids is 1. The standard InChI is InChI=1S/C20H19N7O/c28-20(15-3-5-17(6-4-15)25-10-1-2-11-25)22-16-9-12-26(13-16)19-8-7-18-23-21-14-27(18)24-19/h1-8,10-11,14,16H,9,12-13H2,(H,22,28). The number of carbonyl (C=O) groups is 1. The fraction of sp³-hybridized carbons (Fsp3) is 0.200. The predicted octanol–water partition coefficient (Wildman–Crippen LogP) is 1.92. The molecule has 1 aliphatic heterocycles. The average Bonchev–Trinajstić information content (AvgIpc) is 3.48. The van der Waals surface area contributed by atoms with E-state index in [1.165, 1.54) is 0 Å². The molecule has 5 rings (SSSR count). The van der Waals surface area contributed by atoms with Crippen LogP contribution >= 0.6 is 0 Å². The molecule has 8 nitrogen and oxygen atoms in total. The van der Waals surface area contributed by atoms with Crippen molar-refractivity contribution in [3.8, 4) is 5.69 Å². The lowest BCUT2D eigenvalue weighted by Crippen LogP contribution is -2.37. The van der Waals surface area contributed by atoms with Crippen LogP contribution in [0.5, 0.6) is 0 Å². The van der Waals surface area contributed by atoms with E-state index in [1.54, 1.807) is 10.8 Å². The third-order valence-corrected chi connectivity index (χ3v) is 5.03. The fourth-order valence-corrected chi connectivity index (χ4v) is 3.53. The van der Waals surface area contributed by atoms with Crippen molar-refractivity contribution in [2.24, 2.45) is 0 Å². The topological polar surface area (TPSA) is 80.3 Å². The molecule has 0 aliphatic carbocycles. The average molecular weight is 373 g/mol. The van der Waals surface area contributed by atoms with Crippen LogP contribution in [0.4, 0.5) is 5.82 Å². The summed E-state index contributed by atoms with van der Waals surface area (Å²) in [5.74, 6) is 0.813. The highest BCUT2D eigenvalue weighted by Crippen LogP contribution is 2.19.